The summed E-state index contributed by atoms with van der Waals surface area (Å²) in [5, 5.41) is 2.97. The van der Waals surface area contributed by atoms with Crippen LogP contribution in [0.15, 0.2) is 121 Å². The van der Waals surface area contributed by atoms with Crippen molar-refractivity contribution in [1.29, 1.82) is 0 Å². The maximum Gasteiger partial charge on any atom is 0.218 e. The van der Waals surface area contributed by atoms with E-state index in [0.29, 0.717) is 17.1 Å². The summed E-state index contributed by atoms with van der Waals surface area (Å²) < 4.78 is 11.0. The zero-order valence-corrected chi connectivity index (χ0v) is 20.8. The minimum absolute atomic E-state index is 0.0853. The molecule has 35 heavy (non-hydrogen) atoms. The predicted octanol–water partition coefficient (Wildman–Crippen LogP) is 8.00. The second-order valence-corrected chi connectivity index (χ2v) is 9.02. The van der Waals surface area contributed by atoms with Crippen LogP contribution >= 0.6 is 23.5 Å². The zero-order chi connectivity index (χ0) is 25.0. The van der Waals surface area contributed by atoms with E-state index in [2.05, 4.69) is 37.4 Å². The highest BCUT2D eigenvalue weighted by molar-refractivity contribution is 8.16. The molecule has 0 bridgehead atoms. The summed E-state index contributed by atoms with van der Waals surface area (Å²) >= 11 is 2.06. The molecule has 0 saturated carbocycles. The van der Waals surface area contributed by atoms with Crippen LogP contribution in [0.3, 0.4) is 0 Å². The van der Waals surface area contributed by atoms with Crippen molar-refractivity contribution in [3.63, 3.8) is 0 Å². The summed E-state index contributed by atoms with van der Waals surface area (Å²) in [5.41, 5.74) is 4.83. The average molecular weight is 501 g/mol. The van der Waals surface area contributed by atoms with Crippen LogP contribution in [0.5, 0.6) is 11.5 Å². The van der Waals surface area contributed by atoms with Crippen molar-refractivity contribution in [2.45, 2.75) is 6.92 Å². The summed E-state index contributed by atoms with van der Waals surface area (Å²) in [6, 6.07) is 23.8. The first-order valence-electron chi connectivity index (χ1n) is 10.6. The second-order valence-electron chi connectivity index (χ2n) is 7.23. The van der Waals surface area contributed by atoms with Crippen LogP contribution < -0.4 is 9.47 Å². The topological polar surface area (TPSA) is 52.6 Å². The van der Waals surface area contributed by atoms with Crippen molar-refractivity contribution in [3.05, 3.63) is 121 Å². The molecule has 3 rings (SSSR count). The van der Waals surface area contributed by atoms with Crippen molar-refractivity contribution < 1.29 is 19.1 Å². The summed E-state index contributed by atoms with van der Waals surface area (Å²) in [6.45, 7) is 8.71. The SMILES string of the molecule is C=CC(=O)S/C=C\Oc1ccc(-c2ccc(-c3ccc(O/C=C\SC(=O)C(=C)C)cc3)cc2)cc1. The van der Waals surface area contributed by atoms with Gasteiger partial charge in [-0.15, -0.1) is 0 Å². The van der Waals surface area contributed by atoms with E-state index in [1.54, 1.807) is 17.7 Å². The summed E-state index contributed by atoms with van der Waals surface area (Å²) in [5.74, 6) is 1.37. The van der Waals surface area contributed by atoms with Gasteiger partial charge in [-0.25, -0.2) is 0 Å². The molecule has 0 radical (unpaired) electrons. The maximum atomic E-state index is 11.5. The maximum absolute atomic E-state index is 11.5. The van der Waals surface area contributed by atoms with Crippen LogP contribution in [0.25, 0.3) is 22.3 Å². The van der Waals surface area contributed by atoms with Crippen molar-refractivity contribution in [3.8, 4) is 33.8 Å². The normalized spacial score (nSPS) is 10.9. The van der Waals surface area contributed by atoms with E-state index in [9.17, 15) is 9.59 Å². The van der Waals surface area contributed by atoms with Gasteiger partial charge in [0.1, 0.15) is 11.5 Å². The molecule has 0 aromatic heterocycles. The number of ether oxygens (including phenoxy) is 2. The average Bonchev–Trinajstić information content (AvgIpc) is 2.89. The molecule has 0 amide bonds. The number of thioether (sulfide) groups is 2. The molecule has 3 aromatic rings. The van der Waals surface area contributed by atoms with E-state index in [4.69, 9.17) is 9.47 Å². The van der Waals surface area contributed by atoms with Crippen molar-refractivity contribution in [1.82, 2.24) is 0 Å². The lowest BCUT2D eigenvalue weighted by atomic mass is 10.0. The van der Waals surface area contributed by atoms with Gasteiger partial charge >= 0.3 is 0 Å². The number of carbonyl (C=O) groups is 2. The lowest BCUT2D eigenvalue weighted by molar-refractivity contribution is -0.108. The minimum Gasteiger partial charge on any atom is -0.464 e. The number of rotatable bonds is 10. The molecule has 3 aromatic carbocycles. The predicted molar refractivity (Wildman–Crippen MR) is 147 cm³/mol. The quantitative estimate of drug-likeness (QED) is 0.208. The monoisotopic (exact) mass is 500 g/mol. The van der Waals surface area contributed by atoms with Crippen molar-refractivity contribution >= 4 is 33.8 Å². The van der Waals surface area contributed by atoms with E-state index in [0.717, 1.165) is 45.8 Å². The Morgan fingerprint density at radius 2 is 1.06 bits per heavy atom. The van der Waals surface area contributed by atoms with E-state index in [1.807, 2.05) is 48.5 Å². The highest BCUT2D eigenvalue weighted by atomic mass is 32.2. The van der Waals surface area contributed by atoms with E-state index >= 15 is 0 Å². The van der Waals surface area contributed by atoms with Gasteiger partial charge in [0, 0.05) is 10.8 Å². The van der Waals surface area contributed by atoms with Gasteiger partial charge < -0.3 is 9.47 Å². The van der Waals surface area contributed by atoms with Gasteiger partial charge in [-0.05, 0) is 65.1 Å². The Morgan fingerprint density at radius 3 is 1.43 bits per heavy atom. The molecule has 6 heteroatoms. The van der Waals surface area contributed by atoms with Gasteiger partial charge in [0.15, 0.2) is 0 Å². The Morgan fingerprint density at radius 1 is 0.686 bits per heavy atom. The van der Waals surface area contributed by atoms with Gasteiger partial charge in [0.25, 0.3) is 0 Å². The smallest absolute Gasteiger partial charge is 0.218 e. The third-order valence-corrected chi connectivity index (χ3v) is 6.11. The highest BCUT2D eigenvalue weighted by Crippen LogP contribution is 2.27. The molecular weight excluding hydrogens is 476 g/mol. The van der Waals surface area contributed by atoms with Crippen LogP contribution in [0.1, 0.15) is 6.92 Å². The molecule has 176 valence electrons. The Balaban J connectivity index is 1.56. The Labute approximate surface area is 214 Å². The zero-order valence-electron chi connectivity index (χ0n) is 19.2. The second kappa shape index (κ2) is 13.2. The summed E-state index contributed by atoms with van der Waals surface area (Å²) in [7, 11) is 0. The van der Waals surface area contributed by atoms with Crippen LogP contribution in [-0.4, -0.2) is 10.2 Å². The number of hydrogen-bond donors (Lipinski definition) is 0. The van der Waals surface area contributed by atoms with Crippen molar-refractivity contribution in [2.24, 2.45) is 0 Å². The third kappa shape index (κ3) is 8.21. The molecular formula is C29H24O4S2. The minimum atomic E-state index is -0.132. The lowest BCUT2D eigenvalue weighted by Crippen LogP contribution is -1.88. The molecule has 0 fully saturated rings. The van der Waals surface area contributed by atoms with Crippen LogP contribution in [0, 0.1) is 0 Å². The third-order valence-electron chi connectivity index (χ3n) is 4.65. The fourth-order valence-corrected chi connectivity index (χ4v) is 3.63. The summed E-state index contributed by atoms with van der Waals surface area (Å²) in [4.78, 5) is 22.7. The Bertz CT molecular complexity index is 1240. The first-order valence-corrected chi connectivity index (χ1v) is 12.4. The first kappa shape index (κ1) is 25.9. The first-order chi connectivity index (χ1) is 17.0. The number of hydrogen-bond acceptors (Lipinski definition) is 6. The van der Waals surface area contributed by atoms with E-state index < -0.39 is 0 Å². The van der Waals surface area contributed by atoms with Gasteiger partial charge in [-0.1, -0.05) is 85.2 Å². The molecule has 0 heterocycles. The largest absolute Gasteiger partial charge is 0.464 e. The number of carbonyl (C=O) groups excluding carboxylic acids is 2. The standard InChI is InChI=1S/C29H24O4S2/c1-4-28(30)34-19-17-32-26-13-9-24(10-14-26)22-5-7-23(8-6-22)25-11-15-27(16-12-25)33-18-20-35-29(31)21(2)3/h4-20H,1-2H2,3H3/b19-17-,20-18-. The number of benzene rings is 3. The molecule has 0 aliphatic rings. The Kier molecular flexibility index (Phi) is 9.78. The fraction of sp³-hybridized carbons (Fsp3) is 0.0345. The van der Waals surface area contributed by atoms with Crippen LogP contribution in [-0.2, 0) is 9.59 Å². The fourth-order valence-electron chi connectivity index (χ4n) is 2.85. The molecule has 0 N–H and O–H groups in total. The molecule has 0 unspecified atom stereocenters. The van der Waals surface area contributed by atoms with E-state index in [1.165, 1.54) is 18.6 Å². The van der Waals surface area contributed by atoms with Crippen molar-refractivity contribution in [2.75, 3.05) is 0 Å². The molecule has 0 aliphatic heterocycles. The van der Waals surface area contributed by atoms with Crippen LogP contribution in [0.4, 0.5) is 0 Å². The highest BCUT2D eigenvalue weighted by Gasteiger charge is 2.03. The molecule has 4 nitrogen and oxygen atoms in total. The lowest BCUT2D eigenvalue weighted by Gasteiger charge is -2.07. The molecule has 0 atom stereocenters. The Hall–Kier alpha value is -3.74. The van der Waals surface area contributed by atoms with Crippen LogP contribution in [0.2, 0.25) is 0 Å². The molecule has 0 spiro atoms. The van der Waals surface area contributed by atoms with Gasteiger partial charge in [-0.3, -0.25) is 9.59 Å². The summed E-state index contributed by atoms with van der Waals surface area (Å²) in [6.07, 6.45) is 4.23. The van der Waals surface area contributed by atoms with Gasteiger partial charge in [0.05, 0.1) is 12.5 Å². The van der Waals surface area contributed by atoms with Gasteiger partial charge in [0.2, 0.25) is 10.2 Å². The van der Waals surface area contributed by atoms with E-state index in [-0.39, 0.29) is 10.2 Å². The molecule has 0 saturated heterocycles. The van der Waals surface area contributed by atoms with Gasteiger partial charge in [-0.2, -0.15) is 0 Å². The molecule has 0 aliphatic carbocycles.